The summed E-state index contributed by atoms with van der Waals surface area (Å²) in [6.45, 7) is 0. The Morgan fingerprint density at radius 3 is 1.87 bits per heavy atom. The standard InChI is InChI=1S/C19H17NO3/c1-22-16-9-5-14(6-10-16)18(4-3-13-20)19(21)15-7-11-17(23-2)12-8-15/h4-12H,3H2,1-2H3/b18-4+. The van der Waals surface area contributed by atoms with Crippen molar-refractivity contribution in [2.45, 2.75) is 6.42 Å². The van der Waals surface area contributed by atoms with Crippen LogP contribution in [0, 0.1) is 11.3 Å². The van der Waals surface area contributed by atoms with Crippen molar-refractivity contribution < 1.29 is 14.3 Å². The van der Waals surface area contributed by atoms with E-state index in [2.05, 4.69) is 0 Å². The number of carbonyl (C=O) groups is 1. The Morgan fingerprint density at radius 2 is 1.43 bits per heavy atom. The highest BCUT2D eigenvalue weighted by Crippen LogP contribution is 2.24. The summed E-state index contributed by atoms with van der Waals surface area (Å²) >= 11 is 0. The lowest BCUT2D eigenvalue weighted by Gasteiger charge is -2.09. The van der Waals surface area contributed by atoms with Gasteiger partial charge in [-0.3, -0.25) is 4.79 Å². The molecule has 0 amide bonds. The Balaban J connectivity index is 2.36. The van der Waals surface area contributed by atoms with Gasteiger partial charge in [0.05, 0.1) is 26.7 Å². The maximum atomic E-state index is 12.8. The molecule has 0 unspecified atom stereocenters. The van der Waals surface area contributed by atoms with Crippen LogP contribution in [0.4, 0.5) is 0 Å². The fourth-order valence-corrected chi connectivity index (χ4v) is 2.16. The molecule has 2 aromatic carbocycles. The van der Waals surface area contributed by atoms with E-state index < -0.39 is 0 Å². The lowest BCUT2D eigenvalue weighted by atomic mass is 9.95. The van der Waals surface area contributed by atoms with E-state index in [0.29, 0.717) is 22.6 Å². The highest BCUT2D eigenvalue weighted by atomic mass is 16.5. The first kappa shape index (κ1) is 16.3. The largest absolute Gasteiger partial charge is 0.497 e. The Hall–Kier alpha value is -3.06. The zero-order valence-electron chi connectivity index (χ0n) is 13.1. The Morgan fingerprint density at radius 1 is 0.957 bits per heavy atom. The maximum Gasteiger partial charge on any atom is 0.193 e. The van der Waals surface area contributed by atoms with Gasteiger partial charge in [-0.15, -0.1) is 0 Å². The minimum Gasteiger partial charge on any atom is -0.497 e. The summed E-state index contributed by atoms with van der Waals surface area (Å²) in [4.78, 5) is 12.8. The van der Waals surface area contributed by atoms with Gasteiger partial charge >= 0.3 is 0 Å². The van der Waals surface area contributed by atoms with Gasteiger partial charge in [-0.1, -0.05) is 18.2 Å². The van der Waals surface area contributed by atoms with E-state index in [0.717, 1.165) is 5.56 Å². The van der Waals surface area contributed by atoms with Gasteiger partial charge in [0.25, 0.3) is 0 Å². The van der Waals surface area contributed by atoms with Gasteiger partial charge in [0.1, 0.15) is 11.5 Å². The molecular weight excluding hydrogens is 290 g/mol. The topological polar surface area (TPSA) is 59.3 Å². The van der Waals surface area contributed by atoms with Gasteiger partial charge in [0.2, 0.25) is 0 Å². The van der Waals surface area contributed by atoms with Gasteiger partial charge in [-0.05, 0) is 42.0 Å². The highest BCUT2D eigenvalue weighted by Gasteiger charge is 2.14. The fourth-order valence-electron chi connectivity index (χ4n) is 2.16. The van der Waals surface area contributed by atoms with Crippen molar-refractivity contribution in [3.63, 3.8) is 0 Å². The molecule has 0 aliphatic heterocycles. The summed E-state index contributed by atoms with van der Waals surface area (Å²) in [6.07, 6.45) is 1.82. The van der Waals surface area contributed by atoms with Gasteiger partial charge < -0.3 is 9.47 Å². The smallest absolute Gasteiger partial charge is 0.193 e. The molecule has 0 heterocycles. The van der Waals surface area contributed by atoms with Crippen molar-refractivity contribution in [3.05, 3.63) is 65.7 Å². The highest BCUT2D eigenvalue weighted by molar-refractivity contribution is 6.28. The van der Waals surface area contributed by atoms with Gasteiger partial charge in [0, 0.05) is 11.1 Å². The van der Waals surface area contributed by atoms with Crippen molar-refractivity contribution in [2.24, 2.45) is 0 Å². The molecule has 0 fully saturated rings. The number of nitriles is 1. The van der Waals surface area contributed by atoms with Crippen LogP contribution in [-0.4, -0.2) is 20.0 Å². The lowest BCUT2D eigenvalue weighted by Crippen LogP contribution is -2.03. The third-order valence-electron chi connectivity index (χ3n) is 3.40. The monoisotopic (exact) mass is 307 g/mol. The quantitative estimate of drug-likeness (QED) is 0.600. The number of hydrogen-bond acceptors (Lipinski definition) is 4. The molecule has 0 atom stereocenters. The predicted molar refractivity (Wildman–Crippen MR) is 88.5 cm³/mol. The Kier molecular flexibility index (Phi) is 5.54. The van der Waals surface area contributed by atoms with Crippen LogP contribution in [0.25, 0.3) is 5.57 Å². The molecule has 0 radical (unpaired) electrons. The number of methoxy groups -OCH3 is 2. The molecule has 4 heteroatoms. The molecule has 0 saturated heterocycles. The number of ketones is 1. The van der Waals surface area contributed by atoms with Gasteiger partial charge in [0.15, 0.2) is 5.78 Å². The summed E-state index contributed by atoms with van der Waals surface area (Å²) in [6, 6.07) is 16.1. The maximum absolute atomic E-state index is 12.8. The molecule has 4 nitrogen and oxygen atoms in total. The summed E-state index contributed by atoms with van der Waals surface area (Å²) < 4.78 is 10.2. The first-order chi connectivity index (χ1) is 11.2. The first-order valence-corrected chi connectivity index (χ1v) is 7.10. The van der Waals surface area contributed by atoms with Crippen LogP contribution in [0.2, 0.25) is 0 Å². The van der Waals surface area contributed by atoms with E-state index in [-0.39, 0.29) is 12.2 Å². The third-order valence-corrected chi connectivity index (χ3v) is 3.40. The van der Waals surface area contributed by atoms with Gasteiger partial charge in [-0.25, -0.2) is 0 Å². The number of ether oxygens (including phenoxy) is 2. The molecule has 0 aliphatic carbocycles. The summed E-state index contributed by atoms with van der Waals surface area (Å²) in [5.74, 6) is 1.27. The minimum atomic E-state index is -0.131. The Bertz CT molecular complexity index is 738. The van der Waals surface area contributed by atoms with Crippen molar-refractivity contribution in [1.29, 1.82) is 5.26 Å². The van der Waals surface area contributed by atoms with E-state index in [1.54, 1.807) is 56.7 Å². The SMILES string of the molecule is COc1ccc(C(=O)/C(=C/CC#N)c2ccc(OC)cc2)cc1. The molecule has 0 saturated carbocycles. The molecular formula is C19H17NO3. The van der Waals surface area contributed by atoms with Crippen molar-refractivity contribution in [1.82, 2.24) is 0 Å². The fraction of sp³-hybridized carbons (Fsp3) is 0.158. The molecule has 0 N–H and O–H groups in total. The van der Waals surface area contributed by atoms with E-state index in [4.69, 9.17) is 14.7 Å². The average Bonchev–Trinajstić information content (AvgIpc) is 2.62. The molecule has 0 aliphatic rings. The molecule has 0 bridgehead atoms. The predicted octanol–water partition coefficient (Wildman–Crippen LogP) is 3.88. The van der Waals surface area contributed by atoms with E-state index in [1.807, 2.05) is 18.2 Å². The van der Waals surface area contributed by atoms with Crippen LogP contribution in [0.1, 0.15) is 22.3 Å². The summed E-state index contributed by atoms with van der Waals surface area (Å²) in [5.41, 5.74) is 1.80. The number of hydrogen-bond donors (Lipinski definition) is 0. The second-order valence-electron chi connectivity index (χ2n) is 4.77. The number of rotatable bonds is 6. The van der Waals surface area contributed by atoms with Crippen LogP contribution in [-0.2, 0) is 0 Å². The molecule has 0 aromatic heterocycles. The number of Topliss-reactive ketones (excluding diaryl/α,β-unsaturated/α-hetero) is 1. The van der Waals surface area contributed by atoms with Crippen molar-refractivity contribution >= 4 is 11.4 Å². The molecule has 116 valence electrons. The molecule has 2 aromatic rings. The van der Waals surface area contributed by atoms with Crippen molar-refractivity contribution in [3.8, 4) is 17.6 Å². The first-order valence-electron chi connectivity index (χ1n) is 7.10. The van der Waals surface area contributed by atoms with Crippen molar-refractivity contribution in [2.75, 3.05) is 14.2 Å². The van der Waals surface area contributed by atoms with Crippen LogP contribution in [0.3, 0.4) is 0 Å². The molecule has 2 rings (SSSR count). The van der Waals surface area contributed by atoms with E-state index in [1.165, 1.54) is 0 Å². The number of allylic oxidation sites excluding steroid dienone is 2. The van der Waals surface area contributed by atoms with Crippen LogP contribution in [0.15, 0.2) is 54.6 Å². The average molecular weight is 307 g/mol. The van der Waals surface area contributed by atoms with Gasteiger partial charge in [-0.2, -0.15) is 5.26 Å². The van der Waals surface area contributed by atoms with E-state index in [9.17, 15) is 4.79 Å². The lowest BCUT2D eigenvalue weighted by molar-refractivity contribution is 0.105. The summed E-state index contributed by atoms with van der Waals surface area (Å²) in [5, 5.41) is 8.82. The molecule has 0 spiro atoms. The minimum absolute atomic E-state index is 0.131. The van der Waals surface area contributed by atoms with Crippen LogP contribution >= 0.6 is 0 Å². The Labute approximate surface area is 135 Å². The second-order valence-corrected chi connectivity index (χ2v) is 4.77. The number of benzene rings is 2. The van der Waals surface area contributed by atoms with Crippen LogP contribution < -0.4 is 9.47 Å². The van der Waals surface area contributed by atoms with E-state index >= 15 is 0 Å². The summed E-state index contributed by atoms with van der Waals surface area (Å²) in [7, 11) is 3.16. The number of carbonyl (C=O) groups excluding carboxylic acids is 1. The van der Waals surface area contributed by atoms with Crippen LogP contribution in [0.5, 0.6) is 11.5 Å². The number of nitrogens with zero attached hydrogens (tertiary/aromatic N) is 1. The molecule has 23 heavy (non-hydrogen) atoms. The zero-order valence-corrected chi connectivity index (χ0v) is 13.1. The second kappa shape index (κ2) is 7.81. The zero-order chi connectivity index (χ0) is 16.7. The third kappa shape index (κ3) is 3.98. The normalized spacial score (nSPS) is 10.7.